The van der Waals surface area contributed by atoms with Crippen LogP contribution in [0.1, 0.15) is 16.7 Å². The predicted octanol–water partition coefficient (Wildman–Crippen LogP) is 5.76. The lowest BCUT2D eigenvalue weighted by Gasteiger charge is -2.11. The van der Waals surface area contributed by atoms with Crippen LogP contribution in [0.4, 0.5) is 5.69 Å². The van der Waals surface area contributed by atoms with Crippen LogP contribution in [0.5, 0.6) is 5.75 Å². The summed E-state index contributed by atoms with van der Waals surface area (Å²) in [5.74, 6) is 0.818. The molecular weight excluding hydrogens is 434 g/mol. The van der Waals surface area contributed by atoms with Crippen LogP contribution in [0.2, 0.25) is 0 Å². The number of para-hydroxylation sites is 2. The number of nitro groups is 1. The van der Waals surface area contributed by atoms with Gasteiger partial charge in [-0.15, -0.1) is 0 Å². The molecule has 0 atom stereocenters. The summed E-state index contributed by atoms with van der Waals surface area (Å²) in [6, 6.07) is 22.9. The van der Waals surface area contributed by atoms with Gasteiger partial charge in [0.15, 0.2) is 0 Å². The summed E-state index contributed by atoms with van der Waals surface area (Å²) in [5, 5.41) is 11.2. The third-order valence-electron chi connectivity index (χ3n) is 5.32. The van der Waals surface area contributed by atoms with Crippen LogP contribution in [0.3, 0.4) is 0 Å². The molecule has 7 heteroatoms. The minimum atomic E-state index is -0.359. The molecule has 0 saturated carbocycles. The fourth-order valence-electron chi connectivity index (χ4n) is 3.66. The molecule has 0 bridgehead atoms. The molecule has 33 heavy (non-hydrogen) atoms. The Morgan fingerprint density at radius 2 is 1.70 bits per heavy atom. The number of benzene rings is 3. The molecular formula is C26H23N3O3S. The van der Waals surface area contributed by atoms with Gasteiger partial charge in [-0.05, 0) is 23.3 Å². The molecule has 1 N–H and O–H groups in total. The standard InChI is InChI=1S/C26H23N3O3S/c30-29(31)25-7-3-1-5-21(25)16-22(33)15-20-11-9-19(10-12-20)13-14-32-26-8-4-2-6-23(26)24-17-27-18-28-24/h1-12,17-18H,13-16H2,(H,27,28). The highest BCUT2D eigenvalue weighted by Gasteiger charge is 2.14. The minimum absolute atomic E-state index is 0.115. The Morgan fingerprint density at radius 3 is 2.45 bits per heavy atom. The van der Waals surface area contributed by atoms with Crippen molar-refractivity contribution >= 4 is 22.8 Å². The first kappa shape index (κ1) is 22.4. The largest absolute Gasteiger partial charge is 0.493 e. The summed E-state index contributed by atoms with van der Waals surface area (Å²) in [5.41, 5.74) is 4.93. The summed E-state index contributed by atoms with van der Waals surface area (Å²) in [6.45, 7) is 0.556. The Hall–Kier alpha value is -3.84. The van der Waals surface area contributed by atoms with Gasteiger partial charge < -0.3 is 9.72 Å². The highest BCUT2D eigenvalue weighted by atomic mass is 32.1. The van der Waals surface area contributed by atoms with Crippen LogP contribution in [0, 0.1) is 10.1 Å². The monoisotopic (exact) mass is 457 g/mol. The van der Waals surface area contributed by atoms with E-state index in [9.17, 15) is 10.1 Å². The van der Waals surface area contributed by atoms with Crippen LogP contribution < -0.4 is 4.74 Å². The van der Waals surface area contributed by atoms with E-state index in [1.807, 2.05) is 24.3 Å². The number of thiocarbonyl (C=S) groups is 1. The zero-order valence-electron chi connectivity index (χ0n) is 17.9. The van der Waals surface area contributed by atoms with Gasteiger partial charge in [-0.2, -0.15) is 0 Å². The second-order valence-electron chi connectivity index (χ2n) is 7.65. The van der Waals surface area contributed by atoms with Crippen molar-refractivity contribution < 1.29 is 9.66 Å². The number of aromatic nitrogens is 2. The van der Waals surface area contributed by atoms with Gasteiger partial charge in [0.1, 0.15) is 5.75 Å². The Kier molecular flexibility index (Phi) is 7.22. The number of hydrogen-bond acceptors (Lipinski definition) is 5. The van der Waals surface area contributed by atoms with E-state index in [0.29, 0.717) is 25.0 Å². The molecule has 0 aliphatic heterocycles. The van der Waals surface area contributed by atoms with Crippen molar-refractivity contribution in [2.75, 3.05) is 6.61 Å². The van der Waals surface area contributed by atoms with Gasteiger partial charge in [0.2, 0.25) is 0 Å². The van der Waals surface area contributed by atoms with Crippen LogP contribution in [-0.4, -0.2) is 26.4 Å². The zero-order chi connectivity index (χ0) is 23.0. The summed E-state index contributed by atoms with van der Waals surface area (Å²) >= 11 is 5.52. The summed E-state index contributed by atoms with van der Waals surface area (Å²) < 4.78 is 6.03. The molecule has 3 aromatic carbocycles. The topological polar surface area (TPSA) is 81.1 Å². The van der Waals surface area contributed by atoms with E-state index in [4.69, 9.17) is 17.0 Å². The van der Waals surface area contributed by atoms with Crippen molar-refractivity contribution in [2.24, 2.45) is 0 Å². The Morgan fingerprint density at radius 1 is 0.970 bits per heavy atom. The number of ether oxygens (including phenoxy) is 1. The van der Waals surface area contributed by atoms with Crippen LogP contribution >= 0.6 is 12.2 Å². The lowest BCUT2D eigenvalue weighted by atomic mass is 10.0. The summed E-state index contributed by atoms with van der Waals surface area (Å²) in [4.78, 5) is 18.8. The quantitative estimate of drug-likeness (QED) is 0.186. The number of nitrogens with one attached hydrogen (secondary N) is 1. The van der Waals surface area contributed by atoms with E-state index in [1.165, 1.54) is 11.6 Å². The van der Waals surface area contributed by atoms with E-state index in [1.54, 1.807) is 30.7 Å². The average Bonchev–Trinajstić information content (AvgIpc) is 3.35. The fourth-order valence-corrected chi connectivity index (χ4v) is 3.98. The number of imidazole rings is 1. The van der Waals surface area contributed by atoms with Crippen molar-refractivity contribution in [3.8, 4) is 17.0 Å². The lowest BCUT2D eigenvalue weighted by molar-refractivity contribution is -0.385. The van der Waals surface area contributed by atoms with Crippen molar-refractivity contribution in [3.05, 3.63) is 112 Å². The maximum absolute atomic E-state index is 11.2. The van der Waals surface area contributed by atoms with E-state index >= 15 is 0 Å². The molecule has 0 saturated heterocycles. The van der Waals surface area contributed by atoms with Gasteiger partial charge in [0, 0.05) is 41.3 Å². The maximum atomic E-state index is 11.2. The Labute approximate surface area is 197 Å². The molecule has 0 spiro atoms. The van der Waals surface area contributed by atoms with Crippen molar-refractivity contribution in [1.82, 2.24) is 9.97 Å². The molecule has 4 aromatic rings. The highest BCUT2D eigenvalue weighted by molar-refractivity contribution is 7.80. The Bertz CT molecular complexity index is 1240. The smallest absolute Gasteiger partial charge is 0.272 e. The van der Waals surface area contributed by atoms with Gasteiger partial charge in [0.25, 0.3) is 5.69 Å². The number of aromatic amines is 1. The molecule has 1 heterocycles. The molecule has 0 aliphatic rings. The third-order valence-corrected chi connectivity index (χ3v) is 5.61. The average molecular weight is 458 g/mol. The Balaban J connectivity index is 1.31. The normalized spacial score (nSPS) is 10.7. The van der Waals surface area contributed by atoms with E-state index < -0.39 is 0 Å². The lowest BCUT2D eigenvalue weighted by Crippen LogP contribution is -2.07. The maximum Gasteiger partial charge on any atom is 0.272 e. The van der Waals surface area contributed by atoms with Crippen molar-refractivity contribution in [2.45, 2.75) is 19.3 Å². The van der Waals surface area contributed by atoms with Crippen molar-refractivity contribution in [3.63, 3.8) is 0 Å². The van der Waals surface area contributed by atoms with Crippen LogP contribution in [0.15, 0.2) is 85.3 Å². The van der Waals surface area contributed by atoms with Gasteiger partial charge in [-0.1, -0.05) is 66.8 Å². The summed E-state index contributed by atoms with van der Waals surface area (Å²) in [6.07, 6.45) is 5.23. The number of H-pyrrole nitrogens is 1. The number of nitro benzene ring substituents is 1. The SMILES string of the molecule is O=[N+]([O-])c1ccccc1CC(=S)Cc1ccc(CCOc2ccccc2-c2cnc[nH]2)cc1. The van der Waals surface area contributed by atoms with Gasteiger partial charge in [-0.25, -0.2) is 4.98 Å². The van der Waals surface area contributed by atoms with Crippen molar-refractivity contribution in [1.29, 1.82) is 0 Å². The van der Waals surface area contributed by atoms with Gasteiger partial charge >= 0.3 is 0 Å². The van der Waals surface area contributed by atoms with E-state index in [2.05, 4.69) is 34.2 Å². The van der Waals surface area contributed by atoms with Crippen LogP contribution in [0.25, 0.3) is 11.3 Å². The number of nitrogens with zero attached hydrogens (tertiary/aromatic N) is 2. The molecule has 0 fully saturated rings. The number of hydrogen-bond donors (Lipinski definition) is 1. The predicted molar refractivity (Wildman–Crippen MR) is 133 cm³/mol. The van der Waals surface area contributed by atoms with E-state index in [-0.39, 0.29) is 10.6 Å². The molecule has 0 amide bonds. The first-order valence-electron chi connectivity index (χ1n) is 10.6. The minimum Gasteiger partial charge on any atom is -0.493 e. The molecule has 1 aromatic heterocycles. The molecule has 166 valence electrons. The van der Waals surface area contributed by atoms with E-state index in [0.717, 1.165) is 33.9 Å². The van der Waals surface area contributed by atoms with Gasteiger partial charge in [0.05, 0.1) is 29.7 Å². The third kappa shape index (κ3) is 5.90. The highest BCUT2D eigenvalue weighted by Crippen LogP contribution is 2.28. The zero-order valence-corrected chi connectivity index (χ0v) is 18.8. The number of rotatable bonds is 10. The van der Waals surface area contributed by atoms with Gasteiger partial charge in [-0.3, -0.25) is 10.1 Å². The molecule has 0 radical (unpaired) electrons. The molecule has 0 unspecified atom stereocenters. The first-order valence-corrected chi connectivity index (χ1v) is 11.0. The molecule has 4 rings (SSSR count). The molecule has 0 aliphatic carbocycles. The second kappa shape index (κ2) is 10.7. The van der Waals surface area contributed by atoms with Crippen LogP contribution in [-0.2, 0) is 19.3 Å². The molecule has 6 nitrogen and oxygen atoms in total. The summed E-state index contributed by atoms with van der Waals surface area (Å²) in [7, 11) is 0. The second-order valence-corrected chi connectivity index (χ2v) is 8.23. The first-order chi connectivity index (χ1) is 16.1. The fraction of sp³-hybridized carbons (Fsp3) is 0.154.